The summed E-state index contributed by atoms with van der Waals surface area (Å²) >= 11 is 1.39. The minimum absolute atomic E-state index is 0.0488. The van der Waals surface area contributed by atoms with E-state index in [1.165, 1.54) is 16.7 Å². The van der Waals surface area contributed by atoms with Gasteiger partial charge in [0.1, 0.15) is 17.7 Å². The average Bonchev–Trinajstić information content (AvgIpc) is 2.91. The van der Waals surface area contributed by atoms with Crippen molar-refractivity contribution in [3.8, 4) is 0 Å². The Morgan fingerprint density at radius 3 is 3.00 bits per heavy atom. The molecule has 1 atom stereocenters. The van der Waals surface area contributed by atoms with Gasteiger partial charge in [0, 0.05) is 0 Å². The molecule has 0 aromatic carbocycles. The molecule has 0 bridgehead atoms. The Labute approximate surface area is 149 Å². The molecular weight excluding hydrogens is 370 g/mol. The average molecular weight is 387 g/mol. The molecule has 1 aromatic rings. The molecule has 1 N–H and O–H groups in total. The van der Waals surface area contributed by atoms with Crippen LogP contribution in [0.4, 0.5) is 16.4 Å². The van der Waals surface area contributed by atoms with E-state index in [-0.39, 0.29) is 18.6 Å². The van der Waals surface area contributed by atoms with Crippen molar-refractivity contribution in [1.82, 2.24) is 4.98 Å². The number of pyridine rings is 1. The van der Waals surface area contributed by atoms with E-state index in [4.69, 9.17) is 4.74 Å². The fraction of sp³-hybridized carbons (Fsp3) is 0.500. The van der Waals surface area contributed by atoms with Crippen LogP contribution in [-0.4, -0.2) is 56.7 Å². The summed E-state index contributed by atoms with van der Waals surface area (Å²) in [6.07, 6.45) is 1.04. The van der Waals surface area contributed by atoms with Crippen LogP contribution in [-0.2, 0) is 23.8 Å². The van der Waals surface area contributed by atoms with Crippen LogP contribution in [0, 0.1) is 0 Å². The third kappa shape index (κ3) is 4.61. The maximum atomic E-state index is 12.1. The van der Waals surface area contributed by atoms with Crippen LogP contribution in [0.5, 0.6) is 0 Å². The molecule has 9 nitrogen and oxygen atoms in total. The Morgan fingerprint density at radius 1 is 1.44 bits per heavy atom. The molecule has 1 aromatic heterocycles. The normalized spacial score (nSPS) is 20.2. The first kappa shape index (κ1) is 18.0. The first-order chi connectivity index (χ1) is 11.8. The summed E-state index contributed by atoms with van der Waals surface area (Å²) < 4.78 is 31.7. The maximum absolute atomic E-state index is 12.1. The Hall–Kier alpha value is -1.85. The molecule has 11 heteroatoms. The summed E-state index contributed by atoms with van der Waals surface area (Å²) in [6, 6.07) is 3.52. The van der Waals surface area contributed by atoms with Gasteiger partial charge in [-0.25, -0.2) is 9.78 Å². The number of nitrogens with one attached hydrogen (secondary N) is 1. The Kier molecular flexibility index (Phi) is 5.16. The molecule has 136 valence electrons. The Balaban J connectivity index is 1.59. The van der Waals surface area contributed by atoms with Crippen LogP contribution in [0.25, 0.3) is 0 Å². The number of ether oxygens (including phenoxy) is 1. The summed E-state index contributed by atoms with van der Waals surface area (Å²) in [5.41, 5.74) is 0. The summed E-state index contributed by atoms with van der Waals surface area (Å²) in [5, 5.41) is 2.68. The van der Waals surface area contributed by atoms with Gasteiger partial charge in [0.2, 0.25) is 5.91 Å². The quantitative estimate of drug-likeness (QED) is 0.572. The van der Waals surface area contributed by atoms with E-state index in [0.717, 1.165) is 11.2 Å². The van der Waals surface area contributed by atoms with Crippen molar-refractivity contribution >= 4 is 45.5 Å². The number of carbonyl (C=O) groups excluding carboxylic acids is 2. The highest BCUT2D eigenvalue weighted by molar-refractivity contribution is 8.00. The van der Waals surface area contributed by atoms with Crippen LogP contribution in [0.2, 0.25) is 0 Å². The standard InChI is InChI=1S/C14H17N3O6S2/c1-25(20,21)22-6-2-3-9-7-17(14(19)23-9)11-5-4-10-13(15-11)16-12(18)8-24-10/h4-5,9H,2-3,6-8H2,1H3,(H,15,16,18)/t9-/m0/s1. The van der Waals surface area contributed by atoms with Crippen LogP contribution >= 0.6 is 11.8 Å². The third-order valence-electron chi connectivity index (χ3n) is 3.58. The third-order valence-corrected chi connectivity index (χ3v) is 5.22. The predicted octanol–water partition coefficient (Wildman–Crippen LogP) is 1.21. The molecule has 0 radical (unpaired) electrons. The molecular formula is C14H17N3O6S2. The number of fused-ring (bicyclic) bond motifs is 1. The minimum Gasteiger partial charge on any atom is -0.444 e. The first-order valence-electron chi connectivity index (χ1n) is 7.58. The SMILES string of the molecule is CS(=O)(=O)OCCC[C@H]1CN(c2ccc3c(n2)NC(=O)CS3)C(=O)O1. The number of nitrogens with zero attached hydrogens (tertiary/aromatic N) is 2. The number of hydrogen-bond acceptors (Lipinski definition) is 8. The predicted molar refractivity (Wildman–Crippen MR) is 91.2 cm³/mol. The summed E-state index contributed by atoms with van der Waals surface area (Å²) in [4.78, 5) is 30.1. The lowest BCUT2D eigenvalue weighted by Crippen LogP contribution is -2.27. The van der Waals surface area contributed by atoms with E-state index < -0.39 is 16.2 Å². The molecule has 3 rings (SSSR count). The lowest BCUT2D eigenvalue weighted by Gasteiger charge is -2.18. The molecule has 25 heavy (non-hydrogen) atoms. The second-order valence-corrected chi connectivity index (χ2v) is 8.30. The number of aromatic nitrogens is 1. The number of carbonyl (C=O) groups is 2. The summed E-state index contributed by atoms with van der Waals surface area (Å²) in [7, 11) is -3.46. The van der Waals surface area contributed by atoms with E-state index in [1.807, 2.05) is 6.07 Å². The van der Waals surface area contributed by atoms with Crippen molar-refractivity contribution in [2.24, 2.45) is 0 Å². The van der Waals surface area contributed by atoms with Crippen molar-refractivity contribution < 1.29 is 26.9 Å². The van der Waals surface area contributed by atoms with Gasteiger partial charge < -0.3 is 10.1 Å². The molecule has 2 amide bonds. The number of hydrogen-bond donors (Lipinski definition) is 1. The fourth-order valence-electron chi connectivity index (χ4n) is 2.48. The number of rotatable bonds is 6. The zero-order valence-electron chi connectivity index (χ0n) is 13.4. The molecule has 1 saturated heterocycles. The van der Waals surface area contributed by atoms with Gasteiger partial charge in [-0.1, -0.05) is 0 Å². The van der Waals surface area contributed by atoms with Crippen LogP contribution in [0.3, 0.4) is 0 Å². The van der Waals surface area contributed by atoms with Gasteiger partial charge in [-0.05, 0) is 25.0 Å². The largest absolute Gasteiger partial charge is 0.444 e. The van der Waals surface area contributed by atoms with Gasteiger partial charge in [0.05, 0.1) is 30.1 Å². The lowest BCUT2D eigenvalue weighted by molar-refractivity contribution is -0.113. The van der Waals surface area contributed by atoms with E-state index >= 15 is 0 Å². The monoisotopic (exact) mass is 387 g/mol. The van der Waals surface area contributed by atoms with E-state index in [2.05, 4.69) is 14.5 Å². The van der Waals surface area contributed by atoms with Crippen LogP contribution in [0.1, 0.15) is 12.8 Å². The Bertz CT molecular complexity index is 798. The van der Waals surface area contributed by atoms with E-state index in [9.17, 15) is 18.0 Å². The van der Waals surface area contributed by atoms with Crippen molar-refractivity contribution in [2.45, 2.75) is 23.8 Å². The molecule has 2 aliphatic rings. The summed E-state index contributed by atoms with van der Waals surface area (Å²) in [6.45, 7) is 0.359. The van der Waals surface area contributed by atoms with Crippen molar-refractivity contribution in [1.29, 1.82) is 0 Å². The molecule has 1 fully saturated rings. The molecule has 3 heterocycles. The molecule has 0 spiro atoms. The molecule has 0 aliphatic carbocycles. The zero-order valence-corrected chi connectivity index (χ0v) is 15.1. The molecule has 2 aliphatic heterocycles. The van der Waals surface area contributed by atoms with Gasteiger partial charge in [-0.2, -0.15) is 8.42 Å². The van der Waals surface area contributed by atoms with Gasteiger partial charge >= 0.3 is 6.09 Å². The van der Waals surface area contributed by atoms with Crippen molar-refractivity contribution in [3.63, 3.8) is 0 Å². The number of thioether (sulfide) groups is 1. The van der Waals surface area contributed by atoms with Gasteiger partial charge in [-0.3, -0.25) is 13.9 Å². The highest BCUT2D eigenvalue weighted by atomic mass is 32.2. The smallest absolute Gasteiger partial charge is 0.415 e. The topological polar surface area (TPSA) is 115 Å². The van der Waals surface area contributed by atoms with Gasteiger partial charge in [-0.15, -0.1) is 11.8 Å². The first-order valence-corrected chi connectivity index (χ1v) is 10.4. The van der Waals surface area contributed by atoms with Crippen molar-refractivity contribution in [2.75, 3.05) is 35.4 Å². The highest BCUT2D eigenvalue weighted by Crippen LogP contribution is 2.32. The second-order valence-electron chi connectivity index (χ2n) is 5.64. The lowest BCUT2D eigenvalue weighted by atomic mass is 10.2. The van der Waals surface area contributed by atoms with Crippen molar-refractivity contribution in [3.05, 3.63) is 12.1 Å². The fourth-order valence-corrected chi connectivity index (χ4v) is 3.66. The zero-order chi connectivity index (χ0) is 18.0. The van der Waals surface area contributed by atoms with E-state index in [0.29, 0.717) is 36.8 Å². The second kappa shape index (κ2) is 7.18. The van der Waals surface area contributed by atoms with Gasteiger partial charge in [0.25, 0.3) is 10.1 Å². The number of anilines is 2. The van der Waals surface area contributed by atoms with E-state index in [1.54, 1.807) is 6.07 Å². The maximum Gasteiger partial charge on any atom is 0.415 e. The minimum atomic E-state index is -3.46. The Morgan fingerprint density at radius 2 is 2.24 bits per heavy atom. The number of cyclic esters (lactones) is 1. The number of amides is 2. The molecule has 0 saturated carbocycles. The highest BCUT2D eigenvalue weighted by Gasteiger charge is 2.33. The van der Waals surface area contributed by atoms with Gasteiger partial charge in [0.15, 0.2) is 0 Å². The molecule has 0 unspecified atom stereocenters. The van der Waals surface area contributed by atoms with Crippen LogP contribution < -0.4 is 10.2 Å². The van der Waals surface area contributed by atoms with Crippen LogP contribution in [0.15, 0.2) is 17.0 Å². The summed E-state index contributed by atoms with van der Waals surface area (Å²) in [5.74, 6) is 1.06.